The minimum atomic E-state index is 0.284. The van der Waals surface area contributed by atoms with Crippen molar-refractivity contribution in [2.24, 2.45) is 0 Å². The molecule has 0 radical (unpaired) electrons. The molecule has 0 aliphatic rings. The van der Waals surface area contributed by atoms with E-state index in [1.807, 2.05) is 6.07 Å². The van der Waals surface area contributed by atoms with Crippen LogP contribution in [0, 0.1) is 0 Å². The van der Waals surface area contributed by atoms with E-state index in [2.05, 4.69) is 19.0 Å². The standard InChI is InChI=1S/C14H16Cl2N2O/c1-3-8(4-2)13-12(14(17)18-19-13)10-6-5-9(15)7-11(10)16/h5-8H,3-4H2,1-2H3,(H2,17,18). The maximum atomic E-state index is 6.25. The lowest BCUT2D eigenvalue weighted by atomic mass is 9.94. The maximum absolute atomic E-state index is 6.25. The van der Waals surface area contributed by atoms with Crippen LogP contribution in [0.25, 0.3) is 11.1 Å². The molecule has 1 aromatic carbocycles. The second-order valence-electron chi connectivity index (χ2n) is 4.44. The molecule has 0 amide bonds. The maximum Gasteiger partial charge on any atom is 0.175 e. The fourth-order valence-corrected chi connectivity index (χ4v) is 2.72. The van der Waals surface area contributed by atoms with E-state index in [-0.39, 0.29) is 5.92 Å². The number of benzene rings is 1. The van der Waals surface area contributed by atoms with E-state index < -0.39 is 0 Å². The second kappa shape index (κ2) is 5.85. The third-order valence-corrected chi connectivity index (χ3v) is 3.85. The van der Waals surface area contributed by atoms with Gasteiger partial charge in [0.15, 0.2) is 5.82 Å². The molecule has 2 aromatic rings. The van der Waals surface area contributed by atoms with Gasteiger partial charge in [-0.1, -0.05) is 48.3 Å². The number of nitrogen functional groups attached to an aromatic ring is 1. The van der Waals surface area contributed by atoms with Crippen LogP contribution >= 0.6 is 23.2 Å². The first-order chi connectivity index (χ1) is 9.08. The third kappa shape index (κ3) is 2.72. The first-order valence-corrected chi connectivity index (χ1v) is 7.04. The van der Waals surface area contributed by atoms with Gasteiger partial charge in [0, 0.05) is 16.5 Å². The number of rotatable bonds is 4. The number of anilines is 1. The third-order valence-electron chi connectivity index (χ3n) is 3.30. The molecule has 0 saturated carbocycles. The van der Waals surface area contributed by atoms with E-state index in [0.29, 0.717) is 15.9 Å². The lowest BCUT2D eigenvalue weighted by molar-refractivity contribution is 0.356. The van der Waals surface area contributed by atoms with Gasteiger partial charge in [-0.25, -0.2) is 0 Å². The highest BCUT2D eigenvalue weighted by Gasteiger charge is 2.23. The first-order valence-electron chi connectivity index (χ1n) is 6.28. The van der Waals surface area contributed by atoms with Crippen molar-refractivity contribution in [3.05, 3.63) is 34.0 Å². The average molecular weight is 299 g/mol. The van der Waals surface area contributed by atoms with Gasteiger partial charge in [0.25, 0.3) is 0 Å². The van der Waals surface area contributed by atoms with Crippen LogP contribution in [0.4, 0.5) is 5.82 Å². The minimum absolute atomic E-state index is 0.284. The van der Waals surface area contributed by atoms with Gasteiger partial charge in [0.2, 0.25) is 0 Å². The predicted octanol–water partition coefficient (Wildman–Crippen LogP) is 5.13. The molecule has 0 saturated heterocycles. The smallest absolute Gasteiger partial charge is 0.175 e. The van der Waals surface area contributed by atoms with Crippen LogP contribution in [0.1, 0.15) is 38.4 Å². The van der Waals surface area contributed by atoms with Gasteiger partial charge in [-0.2, -0.15) is 0 Å². The van der Waals surface area contributed by atoms with Crippen molar-refractivity contribution in [3.63, 3.8) is 0 Å². The van der Waals surface area contributed by atoms with E-state index in [1.165, 1.54) is 0 Å². The normalized spacial score (nSPS) is 11.2. The van der Waals surface area contributed by atoms with Crippen LogP contribution < -0.4 is 5.73 Å². The summed E-state index contributed by atoms with van der Waals surface area (Å²) in [7, 11) is 0. The van der Waals surface area contributed by atoms with E-state index >= 15 is 0 Å². The van der Waals surface area contributed by atoms with Gasteiger partial charge in [-0.15, -0.1) is 0 Å². The van der Waals surface area contributed by atoms with Crippen molar-refractivity contribution in [3.8, 4) is 11.1 Å². The summed E-state index contributed by atoms with van der Waals surface area (Å²) in [5.41, 5.74) is 7.53. The average Bonchev–Trinajstić information content (AvgIpc) is 2.74. The molecule has 0 spiro atoms. The number of nitrogens with two attached hydrogens (primary N) is 1. The van der Waals surface area contributed by atoms with Crippen molar-refractivity contribution in [1.82, 2.24) is 5.16 Å². The summed E-state index contributed by atoms with van der Waals surface area (Å²) in [5, 5.41) is 5.03. The predicted molar refractivity (Wildman–Crippen MR) is 79.7 cm³/mol. The largest absolute Gasteiger partial charge is 0.380 e. The van der Waals surface area contributed by atoms with E-state index in [0.717, 1.165) is 29.7 Å². The molecule has 0 aliphatic heterocycles. The van der Waals surface area contributed by atoms with Crippen LogP contribution in [-0.4, -0.2) is 5.16 Å². The van der Waals surface area contributed by atoms with Gasteiger partial charge in [-0.3, -0.25) is 0 Å². The monoisotopic (exact) mass is 298 g/mol. The number of nitrogens with zero attached hydrogens (tertiary/aromatic N) is 1. The fraction of sp³-hybridized carbons (Fsp3) is 0.357. The molecule has 0 bridgehead atoms. The van der Waals surface area contributed by atoms with E-state index in [1.54, 1.807) is 12.1 Å². The molecule has 2 rings (SSSR count). The SMILES string of the molecule is CCC(CC)c1onc(N)c1-c1ccc(Cl)cc1Cl. The Balaban J connectivity index is 2.58. The highest BCUT2D eigenvalue weighted by molar-refractivity contribution is 6.36. The van der Waals surface area contributed by atoms with Crippen LogP contribution in [0.15, 0.2) is 22.7 Å². The second-order valence-corrected chi connectivity index (χ2v) is 5.29. The van der Waals surface area contributed by atoms with Crippen molar-refractivity contribution in [1.29, 1.82) is 0 Å². The van der Waals surface area contributed by atoms with Gasteiger partial charge >= 0.3 is 0 Å². The quantitative estimate of drug-likeness (QED) is 0.851. The molecule has 5 heteroatoms. The summed E-state index contributed by atoms with van der Waals surface area (Å²) in [5.74, 6) is 1.45. The molecular formula is C14H16Cl2N2O. The Kier molecular flexibility index (Phi) is 4.38. The summed E-state index contributed by atoms with van der Waals surface area (Å²) < 4.78 is 5.41. The Morgan fingerprint density at radius 2 is 1.95 bits per heavy atom. The summed E-state index contributed by atoms with van der Waals surface area (Å²) >= 11 is 12.2. The lowest BCUT2D eigenvalue weighted by Gasteiger charge is -2.11. The topological polar surface area (TPSA) is 52.0 Å². The summed E-state index contributed by atoms with van der Waals surface area (Å²) in [6.07, 6.45) is 1.92. The highest BCUT2D eigenvalue weighted by atomic mass is 35.5. The van der Waals surface area contributed by atoms with Gasteiger partial charge < -0.3 is 10.3 Å². The molecule has 0 unspecified atom stereocenters. The zero-order valence-electron chi connectivity index (χ0n) is 10.9. The Morgan fingerprint density at radius 1 is 1.26 bits per heavy atom. The van der Waals surface area contributed by atoms with Crippen molar-refractivity contribution >= 4 is 29.0 Å². The van der Waals surface area contributed by atoms with Crippen molar-refractivity contribution in [2.45, 2.75) is 32.6 Å². The lowest BCUT2D eigenvalue weighted by Crippen LogP contribution is -1.97. The summed E-state index contributed by atoms with van der Waals surface area (Å²) in [6.45, 7) is 4.22. The summed E-state index contributed by atoms with van der Waals surface area (Å²) in [4.78, 5) is 0. The van der Waals surface area contributed by atoms with Gasteiger partial charge in [0.05, 0.1) is 10.6 Å². The Bertz CT molecular complexity index is 577. The molecule has 0 atom stereocenters. The van der Waals surface area contributed by atoms with Gasteiger partial charge in [0.1, 0.15) is 5.76 Å². The molecule has 19 heavy (non-hydrogen) atoms. The van der Waals surface area contributed by atoms with Crippen LogP contribution in [0.2, 0.25) is 10.0 Å². The minimum Gasteiger partial charge on any atom is -0.380 e. The van der Waals surface area contributed by atoms with E-state index in [4.69, 9.17) is 33.5 Å². The Hall–Kier alpha value is -1.19. The summed E-state index contributed by atoms with van der Waals surface area (Å²) in [6, 6.07) is 5.33. The van der Waals surface area contributed by atoms with E-state index in [9.17, 15) is 0 Å². The van der Waals surface area contributed by atoms with Crippen molar-refractivity contribution in [2.75, 3.05) is 5.73 Å². The first kappa shape index (κ1) is 14.2. The molecule has 2 N–H and O–H groups in total. The number of aromatic nitrogens is 1. The van der Waals surface area contributed by atoms with Crippen LogP contribution in [-0.2, 0) is 0 Å². The molecule has 1 heterocycles. The number of halogens is 2. The molecule has 1 aromatic heterocycles. The Morgan fingerprint density at radius 3 is 2.53 bits per heavy atom. The highest BCUT2D eigenvalue weighted by Crippen LogP contribution is 2.40. The molecule has 0 fully saturated rings. The van der Waals surface area contributed by atoms with Crippen LogP contribution in [0.5, 0.6) is 0 Å². The Labute approximate surface area is 122 Å². The number of hydrogen-bond donors (Lipinski definition) is 1. The zero-order chi connectivity index (χ0) is 14.0. The molecule has 102 valence electrons. The molecule has 0 aliphatic carbocycles. The van der Waals surface area contributed by atoms with Crippen LogP contribution in [0.3, 0.4) is 0 Å². The fourth-order valence-electron chi connectivity index (χ4n) is 2.22. The van der Waals surface area contributed by atoms with Crippen molar-refractivity contribution < 1.29 is 4.52 Å². The number of hydrogen-bond acceptors (Lipinski definition) is 3. The molecule has 3 nitrogen and oxygen atoms in total. The molecular weight excluding hydrogens is 283 g/mol. The van der Waals surface area contributed by atoms with Gasteiger partial charge in [-0.05, 0) is 25.0 Å². The zero-order valence-corrected chi connectivity index (χ0v) is 12.4.